The van der Waals surface area contributed by atoms with E-state index in [2.05, 4.69) is 10.3 Å². The molecule has 0 atom stereocenters. The highest BCUT2D eigenvalue weighted by molar-refractivity contribution is 5.67. The minimum Gasteiger partial charge on any atom is -0.490 e. The third kappa shape index (κ3) is 2.29. The van der Waals surface area contributed by atoms with Crippen LogP contribution in [0.25, 0.3) is 5.70 Å². The fourth-order valence-electron chi connectivity index (χ4n) is 1.49. The van der Waals surface area contributed by atoms with Gasteiger partial charge < -0.3 is 10.1 Å². The van der Waals surface area contributed by atoms with Gasteiger partial charge in [-0.1, -0.05) is 6.08 Å². The summed E-state index contributed by atoms with van der Waals surface area (Å²) in [6, 6.07) is 1.93. The van der Waals surface area contributed by atoms with Gasteiger partial charge in [-0.15, -0.1) is 0 Å². The van der Waals surface area contributed by atoms with Gasteiger partial charge in [0.15, 0.2) is 0 Å². The Labute approximate surface area is 90.2 Å². The van der Waals surface area contributed by atoms with E-state index in [4.69, 9.17) is 4.74 Å². The molecule has 0 unspecified atom stereocenters. The molecule has 2 rings (SSSR count). The Morgan fingerprint density at radius 2 is 2.40 bits per heavy atom. The maximum atomic E-state index is 5.82. The molecule has 1 saturated carbocycles. The molecule has 1 aromatic heterocycles. The molecule has 0 amide bonds. The predicted molar refractivity (Wildman–Crippen MR) is 60.6 cm³/mol. The Morgan fingerprint density at radius 1 is 1.60 bits per heavy atom. The maximum absolute atomic E-state index is 5.82. The SMILES string of the molecule is C/C=C(\NC)c1cnccc1OC1CC1. The minimum absolute atomic E-state index is 0.418. The molecule has 1 fully saturated rings. The second-order valence-electron chi connectivity index (χ2n) is 3.64. The number of aromatic nitrogens is 1. The van der Waals surface area contributed by atoms with Crippen LogP contribution in [0, 0.1) is 0 Å². The summed E-state index contributed by atoms with van der Waals surface area (Å²) >= 11 is 0. The molecular formula is C12H16N2O. The molecule has 1 aromatic rings. The van der Waals surface area contributed by atoms with Crippen LogP contribution in [0.15, 0.2) is 24.5 Å². The molecule has 0 radical (unpaired) electrons. The van der Waals surface area contributed by atoms with Crippen LogP contribution in [0.2, 0.25) is 0 Å². The highest BCUT2D eigenvalue weighted by atomic mass is 16.5. The minimum atomic E-state index is 0.418. The monoisotopic (exact) mass is 204 g/mol. The van der Waals surface area contributed by atoms with Gasteiger partial charge in [0.2, 0.25) is 0 Å². The van der Waals surface area contributed by atoms with Gasteiger partial charge in [-0.3, -0.25) is 4.98 Å². The average molecular weight is 204 g/mol. The maximum Gasteiger partial charge on any atom is 0.132 e. The molecular weight excluding hydrogens is 188 g/mol. The van der Waals surface area contributed by atoms with Crippen LogP contribution in [0.5, 0.6) is 5.75 Å². The van der Waals surface area contributed by atoms with Crippen LogP contribution < -0.4 is 10.1 Å². The summed E-state index contributed by atoms with van der Waals surface area (Å²) in [5, 5.41) is 3.14. The summed E-state index contributed by atoms with van der Waals surface area (Å²) in [6.07, 6.45) is 8.39. The van der Waals surface area contributed by atoms with E-state index in [9.17, 15) is 0 Å². The second-order valence-corrected chi connectivity index (χ2v) is 3.64. The molecule has 0 bridgehead atoms. The molecule has 15 heavy (non-hydrogen) atoms. The number of ether oxygens (including phenoxy) is 1. The van der Waals surface area contributed by atoms with Crippen molar-refractivity contribution in [2.24, 2.45) is 0 Å². The fraction of sp³-hybridized carbons (Fsp3) is 0.417. The Hall–Kier alpha value is -1.51. The third-order valence-electron chi connectivity index (χ3n) is 2.45. The van der Waals surface area contributed by atoms with Gasteiger partial charge in [-0.05, 0) is 25.8 Å². The second kappa shape index (κ2) is 4.34. The molecule has 0 spiro atoms. The molecule has 80 valence electrons. The topological polar surface area (TPSA) is 34.2 Å². The van der Waals surface area contributed by atoms with E-state index in [0.717, 1.165) is 17.0 Å². The third-order valence-corrected chi connectivity index (χ3v) is 2.45. The summed E-state index contributed by atoms with van der Waals surface area (Å²) in [5.74, 6) is 0.926. The molecule has 1 heterocycles. The lowest BCUT2D eigenvalue weighted by Crippen LogP contribution is -2.07. The molecule has 0 aliphatic heterocycles. The molecule has 0 aromatic carbocycles. The highest BCUT2D eigenvalue weighted by Gasteiger charge is 2.24. The van der Waals surface area contributed by atoms with Crippen molar-refractivity contribution < 1.29 is 4.74 Å². The first kappa shape index (κ1) is 10.0. The zero-order valence-electron chi connectivity index (χ0n) is 9.16. The van der Waals surface area contributed by atoms with Crippen molar-refractivity contribution in [3.63, 3.8) is 0 Å². The van der Waals surface area contributed by atoms with Crippen molar-refractivity contribution in [3.05, 3.63) is 30.1 Å². The highest BCUT2D eigenvalue weighted by Crippen LogP contribution is 2.30. The Bertz CT molecular complexity index is 370. The lowest BCUT2D eigenvalue weighted by molar-refractivity contribution is 0.302. The molecule has 3 heteroatoms. The van der Waals surface area contributed by atoms with Crippen molar-refractivity contribution in [2.45, 2.75) is 25.9 Å². The van der Waals surface area contributed by atoms with Crippen LogP contribution in [-0.2, 0) is 0 Å². The standard InChI is InChI=1S/C12H16N2O/c1-3-11(13-2)10-8-14-7-6-12(10)15-9-4-5-9/h3,6-9,13H,4-5H2,1-2H3/b11-3-. The number of hydrogen-bond acceptors (Lipinski definition) is 3. The largest absolute Gasteiger partial charge is 0.490 e. The normalized spacial score (nSPS) is 16.3. The van der Waals surface area contributed by atoms with E-state index >= 15 is 0 Å². The van der Waals surface area contributed by atoms with Crippen molar-refractivity contribution in [1.82, 2.24) is 10.3 Å². The molecule has 0 saturated heterocycles. The van der Waals surface area contributed by atoms with E-state index in [-0.39, 0.29) is 0 Å². The van der Waals surface area contributed by atoms with Gasteiger partial charge in [-0.25, -0.2) is 0 Å². The van der Waals surface area contributed by atoms with Crippen LogP contribution in [-0.4, -0.2) is 18.1 Å². The van der Waals surface area contributed by atoms with Gasteiger partial charge in [0.05, 0.1) is 11.7 Å². The van der Waals surface area contributed by atoms with E-state index in [1.807, 2.05) is 32.3 Å². The summed E-state index contributed by atoms with van der Waals surface area (Å²) < 4.78 is 5.82. The van der Waals surface area contributed by atoms with Crippen LogP contribution in [0.1, 0.15) is 25.3 Å². The average Bonchev–Trinajstić information content (AvgIpc) is 3.06. The van der Waals surface area contributed by atoms with Gasteiger partial charge in [0.1, 0.15) is 5.75 Å². The van der Waals surface area contributed by atoms with E-state index in [0.29, 0.717) is 6.10 Å². The predicted octanol–water partition coefficient (Wildman–Crippen LogP) is 2.20. The van der Waals surface area contributed by atoms with Crippen LogP contribution >= 0.6 is 0 Å². The van der Waals surface area contributed by atoms with Crippen LogP contribution in [0.4, 0.5) is 0 Å². The van der Waals surface area contributed by atoms with Gasteiger partial charge in [-0.2, -0.15) is 0 Å². The molecule has 1 aliphatic rings. The van der Waals surface area contributed by atoms with Gasteiger partial charge in [0.25, 0.3) is 0 Å². The summed E-state index contributed by atoms with van der Waals surface area (Å²) in [4.78, 5) is 4.13. The van der Waals surface area contributed by atoms with Crippen molar-refractivity contribution in [3.8, 4) is 5.75 Å². The van der Waals surface area contributed by atoms with Crippen molar-refractivity contribution in [1.29, 1.82) is 0 Å². The number of pyridine rings is 1. The number of rotatable bonds is 4. The summed E-state index contributed by atoms with van der Waals surface area (Å²) in [5.41, 5.74) is 2.09. The molecule has 1 N–H and O–H groups in total. The first-order valence-electron chi connectivity index (χ1n) is 5.30. The van der Waals surface area contributed by atoms with Gasteiger partial charge in [0, 0.05) is 25.1 Å². The summed E-state index contributed by atoms with van der Waals surface area (Å²) in [6.45, 7) is 2.00. The lowest BCUT2D eigenvalue weighted by atomic mass is 10.2. The first-order valence-corrected chi connectivity index (χ1v) is 5.30. The smallest absolute Gasteiger partial charge is 0.132 e. The first-order chi connectivity index (χ1) is 7.35. The van der Waals surface area contributed by atoms with Gasteiger partial charge >= 0.3 is 0 Å². The number of hydrogen-bond donors (Lipinski definition) is 1. The fourth-order valence-corrected chi connectivity index (χ4v) is 1.49. The van der Waals surface area contributed by atoms with Crippen LogP contribution in [0.3, 0.4) is 0 Å². The van der Waals surface area contributed by atoms with E-state index in [1.165, 1.54) is 12.8 Å². The number of nitrogens with zero attached hydrogens (tertiary/aromatic N) is 1. The van der Waals surface area contributed by atoms with E-state index in [1.54, 1.807) is 6.20 Å². The number of nitrogens with one attached hydrogen (secondary N) is 1. The molecule has 3 nitrogen and oxygen atoms in total. The Kier molecular flexibility index (Phi) is 2.90. The Morgan fingerprint density at radius 3 is 3.00 bits per heavy atom. The van der Waals surface area contributed by atoms with Crippen molar-refractivity contribution in [2.75, 3.05) is 7.05 Å². The zero-order valence-corrected chi connectivity index (χ0v) is 9.16. The zero-order chi connectivity index (χ0) is 10.7. The lowest BCUT2D eigenvalue weighted by Gasteiger charge is -2.12. The number of allylic oxidation sites excluding steroid dienone is 1. The molecule has 1 aliphatic carbocycles. The quantitative estimate of drug-likeness (QED) is 0.816. The van der Waals surface area contributed by atoms with E-state index < -0.39 is 0 Å². The summed E-state index contributed by atoms with van der Waals surface area (Å²) in [7, 11) is 1.91. The van der Waals surface area contributed by atoms with Crippen molar-refractivity contribution >= 4 is 5.70 Å². The Balaban J connectivity index is 2.27.